The number of nitrogens with one attached hydrogen (secondary N) is 1. The van der Waals surface area contributed by atoms with Gasteiger partial charge in [0.1, 0.15) is 5.75 Å². The third-order valence-electron chi connectivity index (χ3n) is 4.37. The lowest BCUT2D eigenvalue weighted by Crippen LogP contribution is -2.42. The molecule has 1 fully saturated rings. The molecule has 0 aliphatic heterocycles. The first-order chi connectivity index (χ1) is 10.1. The minimum Gasteiger partial charge on any atom is -0.494 e. The first-order valence-electron chi connectivity index (χ1n) is 8.31. The predicted octanol–water partition coefficient (Wildman–Crippen LogP) is 3.82. The summed E-state index contributed by atoms with van der Waals surface area (Å²) in [6, 6.07) is 8.51. The van der Waals surface area contributed by atoms with E-state index in [1.165, 1.54) is 12.0 Å². The molecule has 3 heteroatoms. The SMILES string of the molecule is CCCOc1ccc(C(C)NCC2(O)CCCCC2)cc1. The molecule has 1 saturated carbocycles. The molecule has 1 atom stereocenters. The average Bonchev–Trinajstić information content (AvgIpc) is 2.52. The molecule has 2 rings (SSSR count). The molecule has 1 aliphatic rings. The van der Waals surface area contributed by atoms with E-state index in [4.69, 9.17) is 4.74 Å². The van der Waals surface area contributed by atoms with E-state index in [0.717, 1.165) is 44.5 Å². The highest BCUT2D eigenvalue weighted by molar-refractivity contribution is 5.29. The number of benzene rings is 1. The van der Waals surface area contributed by atoms with Gasteiger partial charge in [-0.15, -0.1) is 0 Å². The largest absolute Gasteiger partial charge is 0.494 e. The van der Waals surface area contributed by atoms with Crippen LogP contribution in [0.2, 0.25) is 0 Å². The van der Waals surface area contributed by atoms with Crippen LogP contribution in [0.3, 0.4) is 0 Å². The zero-order chi connectivity index (χ0) is 15.1. The van der Waals surface area contributed by atoms with E-state index in [1.54, 1.807) is 0 Å². The van der Waals surface area contributed by atoms with Crippen molar-refractivity contribution in [2.45, 2.75) is 64.0 Å². The number of ether oxygens (including phenoxy) is 1. The van der Waals surface area contributed by atoms with E-state index in [-0.39, 0.29) is 6.04 Å². The Kier molecular flexibility index (Phi) is 6.07. The van der Waals surface area contributed by atoms with E-state index in [1.807, 2.05) is 12.1 Å². The summed E-state index contributed by atoms with van der Waals surface area (Å²) >= 11 is 0. The van der Waals surface area contributed by atoms with Gasteiger partial charge in [-0.05, 0) is 43.9 Å². The predicted molar refractivity (Wildman–Crippen MR) is 86.7 cm³/mol. The quantitative estimate of drug-likeness (QED) is 0.802. The molecule has 2 N–H and O–H groups in total. The fraction of sp³-hybridized carbons (Fsp3) is 0.667. The second kappa shape index (κ2) is 7.81. The number of hydrogen-bond donors (Lipinski definition) is 2. The molecular formula is C18H29NO2. The highest BCUT2D eigenvalue weighted by atomic mass is 16.5. The van der Waals surface area contributed by atoms with Crippen LogP contribution in [0.25, 0.3) is 0 Å². The maximum Gasteiger partial charge on any atom is 0.119 e. The molecule has 118 valence electrons. The van der Waals surface area contributed by atoms with Crippen molar-refractivity contribution in [2.24, 2.45) is 0 Å². The third-order valence-corrected chi connectivity index (χ3v) is 4.37. The summed E-state index contributed by atoms with van der Waals surface area (Å²) in [6.07, 6.45) is 6.44. The summed E-state index contributed by atoms with van der Waals surface area (Å²) in [7, 11) is 0. The number of rotatable bonds is 7. The van der Waals surface area contributed by atoms with Gasteiger partial charge < -0.3 is 15.2 Å². The van der Waals surface area contributed by atoms with Crippen LogP contribution in [0.4, 0.5) is 0 Å². The summed E-state index contributed by atoms with van der Waals surface area (Å²) in [6.45, 7) is 5.70. The van der Waals surface area contributed by atoms with Crippen molar-refractivity contribution in [1.29, 1.82) is 0 Å². The molecule has 0 saturated heterocycles. The first-order valence-corrected chi connectivity index (χ1v) is 8.31. The second-order valence-electron chi connectivity index (χ2n) is 6.31. The van der Waals surface area contributed by atoms with Gasteiger partial charge in [0, 0.05) is 12.6 Å². The Bertz CT molecular complexity index is 410. The van der Waals surface area contributed by atoms with E-state index >= 15 is 0 Å². The van der Waals surface area contributed by atoms with E-state index in [2.05, 4.69) is 31.3 Å². The van der Waals surface area contributed by atoms with Crippen molar-refractivity contribution in [3.63, 3.8) is 0 Å². The zero-order valence-electron chi connectivity index (χ0n) is 13.4. The van der Waals surface area contributed by atoms with Gasteiger partial charge >= 0.3 is 0 Å². The number of hydrogen-bond acceptors (Lipinski definition) is 3. The minimum absolute atomic E-state index is 0.246. The van der Waals surface area contributed by atoms with Crippen LogP contribution in [0, 0.1) is 0 Å². The van der Waals surface area contributed by atoms with Crippen molar-refractivity contribution in [2.75, 3.05) is 13.2 Å². The topological polar surface area (TPSA) is 41.5 Å². The molecule has 21 heavy (non-hydrogen) atoms. The van der Waals surface area contributed by atoms with Crippen molar-refractivity contribution in [1.82, 2.24) is 5.32 Å². The van der Waals surface area contributed by atoms with Crippen LogP contribution in [-0.2, 0) is 0 Å². The third kappa shape index (κ3) is 5.01. The summed E-state index contributed by atoms with van der Waals surface area (Å²) in [4.78, 5) is 0. The van der Waals surface area contributed by atoms with Gasteiger partial charge in [0.25, 0.3) is 0 Å². The van der Waals surface area contributed by atoms with Gasteiger partial charge in [-0.25, -0.2) is 0 Å². The van der Waals surface area contributed by atoms with Crippen molar-refractivity contribution in [3.8, 4) is 5.75 Å². The normalized spacial score (nSPS) is 19.2. The maximum absolute atomic E-state index is 10.5. The maximum atomic E-state index is 10.5. The van der Waals surface area contributed by atoms with Crippen molar-refractivity contribution in [3.05, 3.63) is 29.8 Å². The van der Waals surface area contributed by atoms with Crippen LogP contribution in [0.1, 0.15) is 64.0 Å². The van der Waals surface area contributed by atoms with Crippen molar-refractivity contribution < 1.29 is 9.84 Å². The van der Waals surface area contributed by atoms with Crippen LogP contribution in [0.5, 0.6) is 5.75 Å². The molecule has 1 aromatic rings. The molecular weight excluding hydrogens is 262 g/mol. The molecule has 0 bridgehead atoms. The molecule has 1 unspecified atom stereocenters. The zero-order valence-corrected chi connectivity index (χ0v) is 13.4. The Morgan fingerprint density at radius 1 is 1.19 bits per heavy atom. The van der Waals surface area contributed by atoms with Gasteiger partial charge in [-0.2, -0.15) is 0 Å². The molecule has 1 aromatic carbocycles. The molecule has 0 aromatic heterocycles. The summed E-state index contributed by atoms with van der Waals surface area (Å²) in [5.74, 6) is 0.929. The van der Waals surface area contributed by atoms with Crippen LogP contribution < -0.4 is 10.1 Å². The first kappa shape index (κ1) is 16.3. The lowest BCUT2D eigenvalue weighted by molar-refractivity contribution is 0.00300. The number of aliphatic hydroxyl groups is 1. The Morgan fingerprint density at radius 2 is 1.86 bits per heavy atom. The lowest BCUT2D eigenvalue weighted by atomic mass is 9.84. The van der Waals surface area contributed by atoms with Crippen LogP contribution in [-0.4, -0.2) is 23.9 Å². The molecule has 1 aliphatic carbocycles. The van der Waals surface area contributed by atoms with Crippen LogP contribution in [0.15, 0.2) is 24.3 Å². The lowest BCUT2D eigenvalue weighted by Gasteiger charge is -2.33. The highest BCUT2D eigenvalue weighted by Gasteiger charge is 2.29. The second-order valence-corrected chi connectivity index (χ2v) is 6.31. The van der Waals surface area contributed by atoms with Gasteiger partial charge in [-0.3, -0.25) is 0 Å². The molecule has 3 nitrogen and oxygen atoms in total. The molecule has 0 radical (unpaired) electrons. The molecule has 0 heterocycles. The van der Waals surface area contributed by atoms with Gasteiger partial charge in [0.2, 0.25) is 0 Å². The molecule has 0 spiro atoms. The van der Waals surface area contributed by atoms with Gasteiger partial charge in [-0.1, -0.05) is 38.3 Å². The Labute approximate surface area is 128 Å². The summed E-state index contributed by atoms with van der Waals surface area (Å²) in [5.41, 5.74) is 0.731. The summed E-state index contributed by atoms with van der Waals surface area (Å²) < 4.78 is 5.60. The van der Waals surface area contributed by atoms with E-state index in [0.29, 0.717) is 6.54 Å². The Morgan fingerprint density at radius 3 is 2.48 bits per heavy atom. The van der Waals surface area contributed by atoms with Crippen molar-refractivity contribution >= 4 is 0 Å². The average molecular weight is 291 g/mol. The molecule has 0 amide bonds. The standard InChI is InChI=1S/C18H29NO2/c1-3-13-21-17-9-7-16(8-10-17)15(2)19-14-18(20)11-5-4-6-12-18/h7-10,15,19-20H,3-6,11-14H2,1-2H3. The van der Waals surface area contributed by atoms with Gasteiger partial charge in [0.05, 0.1) is 12.2 Å². The van der Waals surface area contributed by atoms with Gasteiger partial charge in [0.15, 0.2) is 0 Å². The Hall–Kier alpha value is -1.06. The highest BCUT2D eigenvalue weighted by Crippen LogP contribution is 2.28. The van der Waals surface area contributed by atoms with E-state index < -0.39 is 5.60 Å². The minimum atomic E-state index is -0.503. The monoisotopic (exact) mass is 291 g/mol. The smallest absolute Gasteiger partial charge is 0.119 e. The fourth-order valence-corrected chi connectivity index (χ4v) is 2.92. The fourth-order valence-electron chi connectivity index (χ4n) is 2.92. The summed E-state index contributed by atoms with van der Waals surface area (Å²) in [5, 5.41) is 14.0. The van der Waals surface area contributed by atoms with Crippen LogP contribution >= 0.6 is 0 Å². The van der Waals surface area contributed by atoms with E-state index in [9.17, 15) is 5.11 Å². The Balaban J connectivity index is 1.83.